The van der Waals surface area contributed by atoms with Crippen molar-refractivity contribution in [3.05, 3.63) is 46.8 Å². The molecule has 0 aliphatic carbocycles. The minimum Gasteiger partial charge on any atom is -0.478 e. The predicted octanol–water partition coefficient (Wildman–Crippen LogP) is 3.57. The summed E-state index contributed by atoms with van der Waals surface area (Å²) in [5, 5.41) is 20.0. The van der Waals surface area contributed by atoms with Crippen LogP contribution in [0.5, 0.6) is 0 Å². The highest BCUT2D eigenvalue weighted by Crippen LogP contribution is 2.31. The number of hydrogen-bond acceptors (Lipinski definition) is 6. The summed E-state index contributed by atoms with van der Waals surface area (Å²) >= 11 is 1.75. The van der Waals surface area contributed by atoms with E-state index in [2.05, 4.69) is 66.6 Å². The molecule has 1 fully saturated rings. The monoisotopic (exact) mass is 431 g/mol. The smallest absolute Gasteiger partial charge is 0.328 e. The summed E-state index contributed by atoms with van der Waals surface area (Å²) in [6.45, 7) is 11.0. The largest absolute Gasteiger partial charge is 0.478 e. The molecular formula is C22H29N3O4S. The van der Waals surface area contributed by atoms with Gasteiger partial charge in [0.05, 0.1) is 0 Å². The number of nitrogens with zero attached hydrogens (tertiary/aromatic N) is 3. The molecule has 7 nitrogen and oxygen atoms in total. The van der Waals surface area contributed by atoms with E-state index < -0.39 is 11.9 Å². The van der Waals surface area contributed by atoms with Crippen LogP contribution in [0.3, 0.4) is 0 Å². The highest BCUT2D eigenvalue weighted by molar-refractivity contribution is 7.08. The van der Waals surface area contributed by atoms with E-state index in [1.54, 1.807) is 11.3 Å². The molecule has 0 amide bonds. The first-order valence-corrected chi connectivity index (χ1v) is 10.6. The first-order chi connectivity index (χ1) is 14.1. The SMILES string of the molecule is CN1CCN(c2cc(-c3ccsc3)cc(C(C)(C)C)n2)CC1.O=C(O)/C=C/C(=O)O. The van der Waals surface area contributed by atoms with Crippen molar-refractivity contribution in [3.8, 4) is 11.1 Å². The maximum atomic E-state index is 9.55. The zero-order chi connectivity index (χ0) is 22.3. The Balaban J connectivity index is 0.000000343. The van der Waals surface area contributed by atoms with Crippen molar-refractivity contribution >= 4 is 29.1 Å². The van der Waals surface area contributed by atoms with E-state index >= 15 is 0 Å². The molecule has 0 spiro atoms. The molecule has 3 heterocycles. The van der Waals surface area contributed by atoms with Gasteiger partial charge in [-0.3, -0.25) is 0 Å². The Morgan fingerprint density at radius 2 is 1.63 bits per heavy atom. The van der Waals surface area contributed by atoms with Crippen LogP contribution in [0.15, 0.2) is 41.1 Å². The number of hydrogen-bond donors (Lipinski definition) is 2. The van der Waals surface area contributed by atoms with Crippen LogP contribution in [-0.4, -0.2) is 65.3 Å². The molecular weight excluding hydrogens is 402 g/mol. The van der Waals surface area contributed by atoms with Crippen molar-refractivity contribution < 1.29 is 19.8 Å². The molecule has 2 aromatic rings. The number of anilines is 1. The van der Waals surface area contributed by atoms with Crippen LogP contribution in [0.1, 0.15) is 26.5 Å². The molecule has 0 radical (unpaired) electrons. The fourth-order valence-electron chi connectivity index (χ4n) is 2.84. The maximum absolute atomic E-state index is 9.55. The van der Waals surface area contributed by atoms with Gasteiger partial charge in [-0.15, -0.1) is 0 Å². The molecule has 2 aromatic heterocycles. The standard InChI is InChI=1S/C18H25N3S.C4H4O4/c1-18(2,3)16-11-15(14-5-10-22-13-14)12-17(19-16)21-8-6-20(4)7-9-21;5-3(6)1-2-4(7)8/h5,10-13H,6-9H2,1-4H3;1-2H,(H,5,6)(H,7,8)/b;2-1+. The lowest BCUT2D eigenvalue weighted by Crippen LogP contribution is -2.45. The fraction of sp³-hybridized carbons (Fsp3) is 0.409. The molecule has 1 aliphatic heterocycles. The molecule has 30 heavy (non-hydrogen) atoms. The second kappa shape index (κ2) is 10.4. The third kappa shape index (κ3) is 7.27. The number of aliphatic carboxylic acids is 2. The molecule has 0 unspecified atom stereocenters. The fourth-order valence-corrected chi connectivity index (χ4v) is 3.50. The number of carboxylic acid groups (broad SMARTS) is 2. The van der Waals surface area contributed by atoms with Crippen LogP contribution in [0, 0.1) is 0 Å². The predicted molar refractivity (Wildman–Crippen MR) is 120 cm³/mol. The van der Waals surface area contributed by atoms with Crippen molar-refractivity contribution in [1.29, 1.82) is 0 Å². The van der Waals surface area contributed by atoms with E-state index in [0.717, 1.165) is 32.0 Å². The molecule has 162 valence electrons. The van der Waals surface area contributed by atoms with Gasteiger partial charge in [0.1, 0.15) is 5.82 Å². The molecule has 8 heteroatoms. The number of carbonyl (C=O) groups is 2. The van der Waals surface area contributed by atoms with Crippen LogP contribution in [-0.2, 0) is 15.0 Å². The lowest BCUT2D eigenvalue weighted by atomic mass is 9.90. The number of thiophene rings is 1. The Labute approximate surface area is 181 Å². The van der Waals surface area contributed by atoms with Gasteiger partial charge in [-0.25, -0.2) is 14.6 Å². The van der Waals surface area contributed by atoms with E-state index in [1.165, 1.54) is 16.8 Å². The van der Waals surface area contributed by atoms with Crippen molar-refractivity contribution in [1.82, 2.24) is 9.88 Å². The summed E-state index contributed by atoms with van der Waals surface area (Å²) in [5.74, 6) is -1.39. The van der Waals surface area contributed by atoms with Gasteiger partial charge >= 0.3 is 11.9 Å². The number of piperazine rings is 1. The molecule has 0 saturated carbocycles. The Hall–Kier alpha value is -2.71. The van der Waals surface area contributed by atoms with E-state index in [0.29, 0.717) is 12.2 Å². The Morgan fingerprint density at radius 1 is 1.03 bits per heavy atom. The average molecular weight is 432 g/mol. The van der Waals surface area contributed by atoms with Crippen LogP contribution >= 0.6 is 11.3 Å². The average Bonchev–Trinajstić information content (AvgIpc) is 3.21. The highest BCUT2D eigenvalue weighted by Gasteiger charge is 2.21. The van der Waals surface area contributed by atoms with Crippen LogP contribution in [0.2, 0.25) is 0 Å². The number of carboxylic acids is 2. The van der Waals surface area contributed by atoms with E-state index in [1.807, 2.05) is 0 Å². The normalized spacial score (nSPS) is 15.0. The third-order valence-corrected chi connectivity index (χ3v) is 5.31. The van der Waals surface area contributed by atoms with Gasteiger partial charge in [-0.1, -0.05) is 20.8 Å². The Bertz CT molecular complexity index is 864. The minimum absolute atomic E-state index is 0.0629. The second-order valence-corrected chi connectivity index (χ2v) is 8.94. The zero-order valence-corrected chi connectivity index (χ0v) is 18.6. The van der Waals surface area contributed by atoms with E-state index in [-0.39, 0.29) is 5.41 Å². The number of rotatable bonds is 4. The summed E-state index contributed by atoms with van der Waals surface area (Å²) in [7, 11) is 2.19. The van der Waals surface area contributed by atoms with Crippen molar-refractivity contribution in [2.75, 3.05) is 38.1 Å². The highest BCUT2D eigenvalue weighted by atomic mass is 32.1. The summed E-state index contributed by atoms with van der Waals surface area (Å²) in [6.07, 6.45) is 1.12. The van der Waals surface area contributed by atoms with Crippen molar-refractivity contribution in [2.24, 2.45) is 0 Å². The number of pyridine rings is 1. The van der Waals surface area contributed by atoms with Gasteiger partial charge in [-0.05, 0) is 47.1 Å². The molecule has 1 saturated heterocycles. The van der Waals surface area contributed by atoms with E-state index in [4.69, 9.17) is 15.2 Å². The van der Waals surface area contributed by atoms with Gasteiger partial charge in [0.2, 0.25) is 0 Å². The van der Waals surface area contributed by atoms with Crippen molar-refractivity contribution in [3.63, 3.8) is 0 Å². The summed E-state index contributed by atoms with van der Waals surface area (Å²) in [4.78, 5) is 28.9. The summed E-state index contributed by atoms with van der Waals surface area (Å²) in [6, 6.07) is 6.70. The van der Waals surface area contributed by atoms with Gasteiger partial charge in [0, 0.05) is 49.4 Å². The lowest BCUT2D eigenvalue weighted by Gasteiger charge is -2.34. The summed E-state index contributed by atoms with van der Waals surface area (Å²) < 4.78 is 0. The van der Waals surface area contributed by atoms with Gasteiger partial charge in [-0.2, -0.15) is 11.3 Å². The molecule has 2 N–H and O–H groups in total. The molecule has 0 aromatic carbocycles. The lowest BCUT2D eigenvalue weighted by molar-refractivity contribution is -0.134. The van der Waals surface area contributed by atoms with Gasteiger partial charge in [0.15, 0.2) is 0 Å². The van der Waals surface area contributed by atoms with E-state index in [9.17, 15) is 9.59 Å². The van der Waals surface area contributed by atoms with Gasteiger partial charge < -0.3 is 20.0 Å². The molecule has 1 aliphatic rings. The molecule has 3 rings (SSSR count). The van der Waals surface area contributed by atoms with Crippen LogP contribution < -0.4 is 4.90 Å². The number of likely N-dealkylation sites (N-methyl/N-ethyl adjacent to an activating group) is 1. The quantitative estimate of drug-likeness (QED) is 0.715. The van der Waals surface area contributed by atoms with Crippen molar-refractivity contribution in [2.45, 2.75) is 26.2 Å². The Morgan fingerprint density at radius 3 is 2.10 bits per heavy atom. The second-order valence-electron chi connectivity index (χ2n) is 8.16. The summed E-state index contributed by atoms with van der Waals surface area (Å²) in [5.41, 5.74) is 3.82. The first kappa shape index (κ1) is 23.6. The zero-order valence-electron chi connectivity index (χ0n) is 17.8. The minimum atomic E-state index is -1.26. The topological polar surface area (TPSA) is 94.0 Å². The Kier molecular flexibility index (Phi) is 8.14. The first-order valence-electron chi connectivity index (χ1n) is 9.69. The third-order valence-electron chi connectivity index (χ3n) is 4.63. The molecule has 0 atom stereocenters. The van der Waals surface area contributed by atoms with Crippen LogP contribution in [0.25, 0.3) is 11.1 Å². The number of aromatic nitrogens is 1. The molecule has 0 bridgehead atoms. The maximum Gasteiger partial charge on any atom is 0.328 e. The van der Waals surface area contributed by atoms with Gasteiger partial charge in [0.25, 0.3) is 0 Å². The van der Waals surface area contributed by atoms with Crippen LogP contribution in [0.4, 0.5) is 5.82 Å².